The van der Waals surface area contributed by atoms with Crippen molar-refractivity contribution in [2.45, 2.75) is 19.4 Å². The molecule has 1 saturated heterocycles. The molecule has 0 radical (unpaired) electrons. The van der Waals surface area contributed by atoms with Crippen molar-refractivity contribution in [3.05, 3.63) is 42.4 Å². The fourth-order valence-corrected chi connectivity index (χ4v) is 2.58. The summed E-state index contributed by atoms with van der Waals surface area (Å²) in [6, 6.07) is 5.69. The zero-order chi connectivity index (χ0) is 14.5. The first-order valence-corrected chi connectivity index (χ1v) is 7.27. The van der Waals surface area contributed by atoms with E-state index in [2.05, 4.69) is 20.7 Å². The van der Waals surface area contributed by atoms with Crippen LogP contribution in [0.15, 0.2) is 36.8 Å². The summed E-state index contributed by atoms with van der Waals surface area (Å²) >= 11 is 0. The van der Waals surface area contributed by atoms with Crippen molar-refractivity contribution >= 4 is 18.3 Å². The van der Waals surface area contributed by atoms with E-state index in [0.717, 1.165) is 37.3 Å². The van der Waals surface area contributed by atoms with Gasteiger partial charge < -0.3 is 10.6 Å². The Morgan fingerprint density at radius 3 is 2.86 bits per heavy atom. The van der Waals surface area contributed by atoms with Gasteiger partial charge in [0.15, 0.2) is 5.82 Å². The van der Waals surface area contributed by atoms with Crippen LogP contribution in [-0.4, -0.2) is 33.8 Å². The standard InChI is InChI=1S/C15H19N5O.ClH/c21-15(12-4-8-16-9-5-12)18-11-13-3-1-6-17-14(13)20-10-2-7-19-20;/h1-3,6-7,10,12,16H,4-5,8-9,11H2,(H,18,21);1H. The Kier molecular flexibility index (Phi) is 5.91. The molecule has 2 aromatic rings. The van der Waals surface area contributed by atoms with E-state index in [1.807, 2.05) is 24.4 Å². The van der Waals surface area contributed by atoms with E-state index in [0.29, 0.717) is 6.54 Å². The Labute approximate surface area is 135 Å². The van der Waals surface area contributed by atoms with Crippen molar-refractivity contribution in [3.8, 4) is 5.82 Å². The minimum Gasteiger partial charge on any atom is -0.352 e. The maximum absolute atomic E-state index is 12.2. The summed E-state index contributed by atoms with van der Waals surface area (Å²) in [4.78, 5) is 16.5. The highest BCUT2D eigenvalue weighted by Crippen LogP contribution is 2.13. The first-order chi connectivity index (χ1) is 10.3. The van der Waals surface area contributed by atoms with E-state index in [1.165, 1.54) is 0 Å². The number of nitrogens with one attached hydrogen (secondary N) is 2. The van der Waals surface area contributed by atoms with Gasteiger partial charge >= 0.3 is 0 Å². The number of hydrogen-bond donors (Lipinski definition) is 2. The fraction of sp³-hybridized carbons (Fsp3) is 0.400. The van der Waals surface area contributed by atoms with Crippen molar-refractivity contribution < 1.29 is 4.79 Å². The Bertz CT molecular complexity index is 596. The smallest absolute Gasteiger partial charge is 0.223 e. The van der Waals surface area contributed by atoms with Crippen LogP contribution in [0.3, 0.4) is 0 Å². The Morgan fingerprint density at radius 2 is 2.14 bits per heavy atom. The van der Waals surface area contributed by atoms with Gasteiger partial charge in [-0.05, 0) is 38.1 Å². The molecule has 0 atom stereocenters. The first-order valence-electron chi connectivity index (χ1n) is 7.27. The molecule has 22 heavy (non-hydrogen) atoms. The third kappa shape index (κ3) is 3.84. The van der Waals surface area contributed by atoms with Crippen LogP contribution in [-0.2, 0) is 11.3 Å². The van der Waals surface area contributed by atoms with Crippen LogP contribution in [0.2, 0.25) is 0 Å². The van der Waals surface area contributed by atoms with Gasteiger partial charge in [0.1, 0.15) is 0 Å². The molecule has 0 bridgehead atoms. The van der Waals surface area contributed by atoms with Gasteiger partial charge in [-0.15, -0.1) is 12.4 Å². The number of pyridine rings is 1. The van der Waals surface area contributed by atoms with Gasteiger partial charge in [0.05, 0.1) is 0 Å². The molecular weight excluding hydrogens is 302 g/mol. The fourth-order valence-electron chi connectivity index (χ4n) is 2.58. The number of hydrogen-bond acceptors (Lipinski definition) is 4. The molecule has 6 nitrogen and oxygen atoms in total. The lowest BCUT2D eigenvalue weighted by molar-refractivity contribution is -0.125. The van der Waals surface area contributed by atoms with Crippen LogP contribution >= 0.6 is 12.4 Å². The molecule has 1 aliphatic rings. The second kappa shape index (κ2) is 7.91. The third-order valence-corrected chi connectivity index (χ3v) is 3.75. The molecule has 1 fully saturated rings. The Hall–Kier alpha value is -1.92. The average Bonchev–Trinajstić information content (AvgIpc) is 3.08. The van der Waals surface area contributed by atoms with Gasteiger partial charge in [-0.1, -0.05) is 6.07 Å². The number of halogens is 1. The first kappa shape index (κ1) is 16.5. The molecular formula is C15H20ClN5O. The van der Waals surface area contributed by atoms with Gasteiger partial charge in [0, 0.05) is 36.6 Å². The molecule has 3 heterocycles. The zero-order valence-corrected chi connectivity index (χ0v) is 13.1. The summed E-state index contributed by atoms with van der Waals surface area (Å²) in [6.45, 7) is 2.32. The number of rotatable bonds is 4. The Balaban J connectivity index is 0.00000176. The van der Waals surface area contributed by atoms with E-state index >= 15 is 0 Å². The SMILES string of the molecule is Cl.O=C(NCc1cccnc1-n1cccn1)C1CCNCC1. The molecule has 118 valence electrons. The lowest BCUT2D eigenvalue weighted by Gasteiger charge is -2.22. The summed E-state index contributed by atoms with van der Waals surface area (Å²) in [6.07, 6.45) is 7.11. The topological polar surface area (TPSA) is 71.8 Å². The molecule has 0 saturated carbocycles. The van der Waals surface area contributed by atoms with E-state index in [4.69, 9.17) is 0 Å². The minimum atomic E-state index is 0. The lowest BCUT2D eigenvalue weighted by Crippen LogP contribution is -2.38. The van der Waals surface area contributed by atoms with Crippen LogP contribution in [0, 0.1) is 5.92 Å². The number of carbonyl (C=O) groups excluding carboxylic acids is 1. The molecule has 2 aromatic heterocycles. The lowest BCUT2D eigenvalue weighted by atomic mass is 9.97. The highest BCUT2D eigenvalue weighted by atomic mass is 35.5. The van der Waals surface area contributed by atoms with Crippen molar-refractivity contribution in [3.63, 3.8) is 0 Å². The van der Waals surface area contributed by atoms with Gasteiger partial charge in [-0.25, -0.2) is 9.67 Å². The number of amides is 1. The molecule has 0 aromatic carbocycles. The third-order valence-electron chi connectivity index (χ3n) is 3.75. The molecule has 3 rings (SSSR count). The molecule has 0 unspecified atom stereocenters. The van der Waals surface area contributed by atoms with Crippen molar-refractivity contribution in [2.24, 2.45) is 5.92 Å². The quantitative estimate of drug-likeness (QED) is 0.890. The molecule has 0 spiro atoms. The number of piperidine rings is 1. The van der Waals surface area contributed by atoms with E-state index in [9.17, 15) is 4.79 Å². The average molecular weight is 322 g/mol. The summed E-state index contributed by atoms with van der Waals surface area (Å²) in [5.41, 5.74) is 0.962. The summed E-state index contributed by atoms with van der Waals surface area (Å²) in [5.74, 6) is 1.01. The van der Waals surface area contributed by atoms with Gasteiger partial charge in [-0.3, -0.25) is 4.79 Å². The molecule has 0 aliphatic carbocycles. The second-order valence-corrected chi connectivity index (χ2v) is 5.18. The molecule has 2 N–H and O–H groups in total. The van der Waals surface area contributed by atoms with Crippen LogP contribution in [0.1, 0.15) is 18.4 Å². The van der Waals surface area contributed by atoms with Gasteiger partial charge in [-0.2, -0.15) is 5.10 Å². The predicted molar refractivity (Wildman–Crippen MR) is 86.0 cm³/mol. The summed E-state index contributed by atoms with van der Waals surface area (Å²) < 4.78 is 1.71. The van der Waals surface area contributed by atoms with E-state index in [-0.39, 0.29) is 24.2 Å². The van der Waals surface area contributed by atoms with Crippen LogP contribution in [0.25, 0.3) is 5.82 Å². The monoisotopic (exact) mass is 321 g/mol. The van der Waals surface area contributed by atoms with Gasteiger partial charge in [0.25, 0.3) is 0 Å². The summed E-state index contributed by atoms with van der Waals surface area (Å²) in [5, 5.41) is 10.5. The number of aromatic nitrogens is 3. The zero-order valence-electron chi connectivity index (χ0n) is 12.2. The molecule has 1 amide bonds. The van der Waals surface area contributed by atoms with Gasteiger partial charge in [0.2, 0.25) is 5.91 Å². The highest BCUT2D eigenvalue weighted by Gasteiger charge is 2.20. The van der Waals surface area contributed by atoms with Crippen LogP contribution in [0.4, 0.5) is 0 Å². The minimum absolute atomic E-state index is 0. The maximum Gasteiger partial charge on any atom is 0.223 e. The number of carbonyl (C=O) groups is 1. The summed E-state index contributed by atoms with van der Waals surface area (Å²) in [7, 11) is 0. The van der Waals surface area contributed by atoms with Crippen molar-refractivity contribution in [1.29, 1.82) is 0 Å². The number of nitrogens with zero attached hydrogens (tertiary/aromatic N) is 3. The van der Waals surface area contributed by atoms with Crippen molar-refractivity contribution in [2.75, 3.05) is 13.1 Å². The van der Waals surface area contributed by atoms with E-state index in [1.54, 1.807) is 17.1 Å². The van der Waals surface area contributed by atoms with Crippen molar-refractivity contribution in [1.82, 2.24) is 25.4 Å². The van der Waals surface area contributed by atoms with Crippen LogP contribution < -0.4 is 10.6 Å². The normalized spacial score (nSPS) is 15.1. The maximum atomic E-state index is 12.2. The van der Waals surface area contributed by atoms with E-state index < -0.39 is 0 Å². The molecule has 7 heteroatoms. The molecule has 1 aliphatic heterocycles. The van der Waals surface area contributed by atoms with Crippen LogP contribution in [0.5, 0.6) is 0 Å². The highest BCUT2D eigenvalue weighted by molar-refractivity contribution is 5.85. The second-order valence-electron chi connectivity index (χ2n) is 5.18. The Morgan fingerprint density at radius 1 is 1.32 bits per heavy atom. The predicted octanol–water partition coefficient (Wildman–Crippen LogP) is 1.30. The largest absolute Gasteiger partial charge is 0.352 e.